The molecular weight excluding hydrogens is 274 g/mol. The van der Waals surface area contributed by atoms with Gasteiger partial charge in [0.05, 0.1) is 11.1 Å². The number of hydrogen-bond acceptors (Lipinski definition) is 4. The van der Waals surface area contributed by atoms with Gasteiger partial charge in [-0.05, 0) is 38.8 Å². The van der Waals surface area contributed by atoms with Gasteiger partial charge in [0.2, 0.25) is 0 Å². The van der Waals surface area contributed by atoms with Crippen molar-refractivity contribution in [2.24, 2.45) is 0 Å². The number of nitrogens with one attached hydrogen (secondary N) is 1. The predicted molar refractivity (Wildman–Crippen MR) is 83.5 cm³/mol. The number of aromatic nitrogens is 1. The molecule has 1 aliphatic heterocycles. The summed E-state index contributed by atoms with van der Waals surface area (Å²) in [5.41, 5.74) is 1.20. The van der Waals surface area contributed by atoms with Crippen molar-refractivity contribution in [3.05, 3.63) is 22.8 Å². The molecule has 0 saturated carbocycles. The lowest BCUT2D eigenvalue weighted by atomic mass is 10.1. The van der Waals surface area contributed by atoms with Gasteiger partial charge in [0.15, 0.2) is 0 Å². The molecule has 1 saturated heterocycles. The maximum absolute atomic E-state index is 6.38. The molecule has 20 heavy (non-hydrogen) atoms. The maximum Gasteiger partial charge on any atom is 0.147 e. The Bertz CT molecular complexity index is 459. The van der Waals surface area contributed by atoms with Crippen molar-refractivity contribution in [1.82, 2.24) is 10.3 Å². The summed E-state index contributed by atoms with van der Waals surface area (Å²) in [6.45, 7) is 9.02. The van der Waals surface area contributed by atoms with Crippen LogP contribution in [0.5, 0.6) is 0 Å². The van der Waals surface area contributed by atoms with Crippen LogP contribution >= 0.6 is 11.6 Å². The molecule has 1 unspecified atom stereocenters. The van der Waals surface area contributed by atoms with E-state index < -0.39 is 0 Å². The van der Waals surface area contributed by atoms with E-state index in [2.05, 4.69) is 36.0 Å². The van der Waals surface area contributed by atoms with Crippen LogP contribution in [0.4, 0.5) is 5.82 Å². The Balaban J connectivity index is 2.03. The van der Waals surface area contributed by atoms with Crippen molar-refractivity contribution in [2.45, 2.75) is 45.4 Å². The fourth-order valence-corrected chi connectivity index (χ4v) is 2.59. The summed E-state index contributed by atoms with van der Waals surface area (Å²) < 4.78 is 5.38. The number of rotatable bonds is 4. The Hall–Kier alpha value is -0.840. The molecule has 0 aromatic carbocycles. The summed E-state index contributed by atoms with van der Waals surface area (Å²) in [6, 6.07) is 2.00. The van der Waals surface area contributed by atoms with Crippen LogP contribution in [0.25, 0.3) is 0 Å². The first kappa shape index (κ1) is 15.5. The van der Waals surface area contributed by atoms with E-state index in [9.17, 15) is 0 Å². The molecule has 0 radical (unpaired) electrons. The van der Waals surface area contributed by atoms with Gasteiger partial charge in [-0.25, -0.2) is 4.98 Å². The van der Waals surface area contributed by atoms with E-state index in [-0.39, 0.29) is 11.6 Å². The Morgan fingerprint density at radius 3 is 2.80 bits per heavy atom. The average Bonchev–Trinajstić information content (AvgIpc) is 2.84. The Labute approximate surface area is 126 Å². The van der Waals surface area contributed by atoms with Gasteiger partial charge in [0.1, 0.15) is 5.82 Å². The molecule has 0 aliphatic carbocycles. The second-order valence-electron chi connectivity index (χ2n) is 6.34. The smallest absolute Gasteiger partial charge is 0.147 e. The number of hydrogen-bond donors (Lipinski definition) is 1. The number of nitrogens with zero attached hydrogens (tertiary/aromatic N) is 2. The zero-order chi connectivity index (χ0) is 14.8. The summed E-state index contributed by atoms with van der Waals surface area (Å²) in [6.07, 6.45) is 3.22. The SMILES string of the molecule is COC1CCN(c2ncc(CNC(C)(C)C)cc2Cl)C1. The number of anilines is 1. The summed E-state index contributed by atoms with van der Waals surface area (Å²) in [7, 11) is 1.75. The lowest BCUT2D eigenvalue weighted by Crippen LogP contribution is -2.35. The van der Waals surface area contributed by atoms with Crippen molar-refractivity contribution in [3.63, 3.8) is 0 Å². The predicted octanol–water partition coefficient (Wildman–Crippen LogP) is 2.85. The molecule has 5 heteroatoms. The minimum atomic E-state index is 0.0891. The minimum Gasteiger partial charge on any atom is -0.380 e. The van der Waals surface area contributed by atoms with E-state index in [0.29, 0.717) is 0 Å². The van der Waals surface area contributed by atoms with Gasteiger partial charge in [-0.3, -0.25) is 0 Å². The zero-order valence-corrected chi connectivity index (χ0v) is 13.5. The van der Waals surface area contributed by atoms with Crippen LogP contribution in [0.3, 0.4) is 0 Å². The fraction of sp³-hybridized carbons (Fsp3) is 0.667. The van der Waals surface area contributed by atoms with E-state index in [1.54, 1.807) is 7.11 Å². The van der Waals surface area contributed by atoms with Gasteiger partial charge in [0.25, 0.3) is 0 Å². The van der Waals surface area contributed by atoms with Gasteiger partial charge >= 0.3 is 0 Å². The molecule has 4 nitrogen and oxygen atoms in total. The molecule has 1 atom stereocenters. The van der Waals surface area contributed by atoms with Crippen molar-refractivity contribution in [2.75, 3.05) is 25.1 Å². The highest BCUT2D eigenvalue weighted by Crippen LogP contribution is 2.27. The summed E-state index contributed by atoms with van der Waals surface area (Å²) in [5, 5.41) is 4.16. The number of ether oxygens (including phenoxy) is 1. The first-order chi connectivity index (χ1) is 9.39. The minimum absolute atomic E-state index is 0.0891. The molecular formula is C15H24ClN3O. The third kappa shape index (κ3) is 4.08. The second kappa shape index (κ2) is 6.29. The van der Waals surface area contributed by atoms with Crippen molar-refractivity contribution < 1.29 is 4.74 Å². The van der Waals surface area contributed by atoms with Crippen molar-refractivity contribution >= 4 is 17.4 Å². The van der Waals surface area contributed by atoms with Gasteiger partial charge in [-0.2, -0.15) is 0 Å². The lowest BCUT2D eigenvalue weighted by molar-refractivity contribution is 0.121. The van der Waals surface area contributed by atoms with Crippen molar-refractivity contribution in [1.29, 1.82) is 0 Å². The van der Waals surface area contributed by atoms with Crippen LogP contribution in [-0.2, 0) is 11.3 Å². The van der Waals surface area contributed by atoms with Crippen LogP contribution < -0.4 is 10.2 Å². The number of halogens is 1. The average molecular weight is 298 g/mol. The molecule has 1 aliphatic rings. The Kier molecular flexibility index (Phi) is 4.89. The quantitative estimate of drug-likeness (QED) is 0.927. The first-order valence-electron chi connectivity index (χ1n) is 7.06. The van der Waals surface area contributed by atoms with E-state index in [1.165, 1.54) is 0 Å². The molecule has 1 fully saturated rings. The first-order valence-corrected chi connectivity index (χ1v) is 7.44. The highest BCUT2D eigenvalue weighted by Gasteiger charge is 2.24. The van der Waals surface area contributed by atoms with Crippen LogP contribution in [0.1, 0.15) is 32.8 Å². The number of methoxy groups -OCH3 is 1. The second-order valence-corrected chi connectivity index (χ2v) is 6.75. The van der Waals surface area contributed by atoms with Gasteiger partial charge in [0, 0.05) is 38.5 Å². The molecule has 112 valence electrons. The molecule has 1 N–H and O–H groups in total. The van der Waals surface area contributed by atoms with Crippen molar-refractivity contribution in [3.8, 4) is 0 Å². The molecule has 0 amide bonds. The topological polar surface area (TPSA) is 37.4 Å². The van der Waals surface area contributed by atoms with E-state index in [4.69, 9.17) is 16.3 Å². The molecule has 2 heterocycles. The maximum atomic E-state index is 6.38. The molecule has 1 aromatic rings. The standard InChI is InChI=1S/C15H24ClN3O/c1-15(2,3)18-9-11-7-13(16)14(17-8-11)19-6-5-12(10-19)20-4/h7-8,12,18H,5-6,9-10H2,1-4H3. The Morgan fingerprint density at radius 1 is 1.50 bits per heavy atom. The van der Waals surface area contributed by atoms with E-state index in [1.807, 2.05) is 12.3 Å². The molecule has 0 spiro atoms. The van der Waals surface area contributed by atoms with Crippen LogP contribution in [0.15, 0.2) is 12.3 Å². The summed E-state index contributed by atoms with van der Waals surface area (Å²) in [5.74, 6) is 0.866. The van der Waals surface area contributed by atoms with Gasteiger partial charge in [-0.15, -0.1) is 0 Å². The monoisotopic (exact) mass is 297 g/mol. The Morgan fingerprint density at radius 2 is 2.25 bits per heavy atom. The molecule has 0 bridgehead atoms. The third-order valence-corrected chi connectivity index (χ3v) is 3.76. The van der Waals surface area contributed by atoms with Crippen LogP contribution in [0.2, 0.25) is 5.02 Å². The number of pyridine rings is 1. The third-order valence-electron chi connectivity index (χ3n) is 3.48. The lowest BCUT2D eigenvalue weighted by Gasteiger charge is -2.22. The van der Waals surface area contributed by atoms with E-state index >= 15 is 0 Å². The van der Waals surface area contributed by atoms with E-state index in [0.717, 1.165) is 42.5 Å². The highest BCUT2D eigenvalue weighted by molar-refractivity contribution is 6.33. The van der Waals surface area contributed by atoms with Gasteiger partial charge in [-0.1, -0.05) is 11.6 Å². The summed E-state index contributed by atoms with van der Waals surface area (Å²) >= 11 is 6.38. The van der Waals surface area contributed by atoms with Gasteiger partial charge < -0.3 is 15.0 Å². The molecule has 1 aromatic heterocycles. The molecule has 2 rings (SSSR count). The van der Waals surface area contributed by atoms with Crippen LogP contribution in [0, 0.1) is 0 Å². The highest BCUT2D eigenvalue weighted by atomic mass is 35.5. The zero-order valence-electron chi connectivity index (χ0n) is 12.7. The largest absolute Gasteiger partial charge is 0.380 e. The normalized spacial score (nSPS) is 19.6. The van der Waals surface area contributed by atoms with Crippen LogP contribution in [-0.4, -0.2) is 36.8 Å². The summed E-state index contributed by atoms with van der Waals surface area (Å²) in [4.78, 5) is 6.72. The fourth-order valence-electron chi connectivity index (χ4n) is 2.28.